The standard InChI is InChI=1S/C20H26N2O4S/c1-26-15-7-6-14-22(16-17-8-4-3-5-9-17)20(23)21-18-10-12-19(13-11-18)27(2,24)25/h3-5,8-13H,6-7,14-16H2,1-2H3,(H,21,23). The van der Waals surface area contributed by atoms with Crippen molar-refractivity contribution in [2.45, 2.75) is 24.3 Å². The molecule has 0 aromatic heterocycles. The Kier molecular flexibility index (Phi) is 7.82. The van der Waals surface area contributed by atoms with Gasteiger partial charge in [0.05, 0.1) is 4.90 Å². The minimum atomic E-state index is -3.26. The highest BCUT2D eigenvalue weighted by Gasteiger charge is 2.14. The van der Waals surface area contributed by atoms with Crippen molar-refractivity contribution in [3.8, 4) is 0 Å². The van der Waals surface area contributed by atoms with Crippen molar-refractivity contribution in [2.24, 2.45) is 0 Å². The maximum absolute atomic E-state index is 12.7. The smallest absolute Gasteiger partial charge is 0.322 e. The van der Waals surface area contributed by atoms with E-state index in [1.54, 1.807) is 24.1 Å². The number of benzene rings is 2. The highest BCUT2D eigenvalue weighted by atomic mass is 32.2. The number of methoxy groups -OCH3 is 1. The maximum Gasteiger partial charge on any atom is 0.322 e. The number of carbonyl (C=O) groups is 1. The van der Waals surface area contributed by atoms with E-state index in [0.29, 0.717) is 25.4 Å². The van der Waals surface area contributed by atoms with E-state index in [1.165, 1.54) is 12.1 Å². The highest BCUT2D eigenvalue weighted by molar-refractivity contribution is 7.90. The summed E-state index contributed by atoms with van der Waals surface area (Å²) in [5.74, 6) is 0. The van der Waals surface area contributed by atoms with E-state index < -0.39 is 9.84 Å². The molecule has 0 spiro atoms. The van der Waals surface area contributed by atoms with E-state index in [0.717, 1.165) is 24.7 Å². The van der Waals surface area contributed by atoms with Gasteiger partial charge in [0.25, 0.3) is 0 Å². The number of hydrogen-bond donors (Lipinski definition) is 1. The van der Waals surface area contributed by atoms with Crippen LogP contribution >= 0.6 is 0 Å². The number of nitrogens with zero attached hydrogens (tertiary/aromatic N) is 1. The molecule has 0 fully saturated rings. The monoisotopic (exact) mass is 390 g/mol. The molecule has 2 rings (SSSR count). The number of rotatable bonds is 9. The number of carbonyl (C=O) groups excluding carboxylic acids is 1. The minimum absolute atomic E-state index is 0.219. The molecule has 0 saturated heterocycles. The van der Waals surface area contributed by atoms with Gasteiger partial charge >= 0.3 is 6.03 Å². The summed E-state index contributed by atoms with van der Waals surface area (Å²) in [4.78, 5) is 14.7. The van der Waals surface area contributed by atoms with Crippen molar-refractivity contribution in [3.05, 3.63) is 60.2 Å². The zero-order chi connectivity index (χ0) is 19.7. The molecule has 0 radical (unpaired) electrons. The lowest BCUT2D eigenvalue weighted by Gasteiger charge is -2.23. The van der Waals surface area contributed by atoms with Crippen LogP contribution in [0.5, 0.6) is 0 Å². The summed E-state index contributed by atoms with van der Waals surface area (Å²) in [6.07, 6.45) is 2.86. The lowest BCUT2D eigenvalue weighted by Crippen LogP contribution is -2.35. The predicted octanol–water partition coefficient (Wildman–Crippen LogP) is 3.55. The zero-order valence-corrected chi connectivity index (χ0v) is 16.5. The van der Waals surface area contributed by atoms with Crippen LogP contribution in [-0.4, -0.2) is 45.9 Å². The molecule has 0 bridgehead atoms. The van der Waals surface area contributed by atoms with E-state index in [2.05, 4.69) is 5.32 Å². The number of unbranched alkanes of at least 4 members (excludes halogenated alkanes) is 1. The van der Waals surface area contributed by atoms with E-state index >= 15 is 0 Å². The number of anilines is 1. The average molecular weight is 391 g/mol. The van der Waals surface area contributed by atoms with Gasteiger partial charge in [0, 0.05) is 38.7 Å². The van der Waals surface area contributed by atoms with Crippen molar-refractivity contribution < 1.29 is 17.9 Å². The van der Waals surface area contributed by atoms with Crippen LogP contribution in [0.25, 0.3) is 0 Å². The summed E-state index contributed by atoms with van der Waals surface area (Å²) < 4.78 is 28.2. The molecule has 2 aromatic rings. The van der Waals surface area contributed by atoms with Crippen molar-refractivity contribution in [3.63, 3.8) is 0 Å². The molecule has 7 heteroatoms. The fourth-order valence-electron chi connectivity index (χ4n) is 2.59. The third kappa shape index (κ3) is 7.03. The first kappa shape index (κ1) is 20.9. The molecule has 2 aromatic carbocycles. The molecule has 2 amide bonds. The molecule has 0 aliphatic carbocycles. The summed E-state index contributed by atoms with van der Waals surface area (Å²) in [5.41, 5.74) is 1.61. The number of hydrogen-bond acceptors (Lipinski definition) is 4. The Hall–Kier alpha value is -2.38. The molecule has 0 atom stereocenters. The van der Waals surface area contributed by atoms with Crippen LogP contribution in [0.15, 0.2) is 59.5 Å². The Morgan fingerprint density at radius 3 is 2.30 bits per heavy atom. The fourth-order valence-corrected chi connectivity index (χ4v) is 3.22. The van der Waals surface area contributed by atoms with E-state index in [-0.39, 0.29) is 10.9 Å². The van der Waals surface area contributed by atoms with Gasteiger partial charge in [-0.15, -0.1) is 0 Å². The van der Waals surface area contributed by atoms with Gasteiger partial charge in [0.2, 0.25) is 0 Å². The van der Waals surface area contributed by atoms with Crippen molar-refractivity contribution in [1.29, 1.82) is 0 Å². The summed E-state index contributed by atoms with van der Waals surface area (Å²) >= 11 is 0. The van der Waals surface area contributed by atoms with Crippen LogP contribution in [-0.2, 0) is 21.1 Å². The summed E-state index contributed by atoms with van der Waals surface area (Å²) in [7, 11) is -1.60. The lowest BCUT2D eigenvalue weighted by atomic mass is 10.2. The molecular formula is C20H26N2O4S. The molecule has 0 saturated carbocycles. The molecule has 0 aliphatic rings. The Balaban J connectivity index is 2.05. The van der Waals surface area contributed by atoms with Crippen LogP contribution < -0.4 is 5.32 Å². The molecule has 0 aliphatic heterocycles. The van der Waals surface area contributed by atoms with Crippen molar-refractivity contribution in [1.82, 2.24) is 4.90 Å². The van der Waals surface area contributed by atoms with Gasteiger partial charge in [-0.1, -0.05) is 30.3 Å². The highest BCUT2D eigenvalue weighted by Crippen LogP contribution is 2.15. The van der Waals surface area contributed by atoms with Crippen LogP contribution in [0.2, 0.25) is 0 Å². The topological polar surface area (TPSA) is 75.7 Å². The van der Waals surface area contributed by atoms with E-state index in [9.17, 15) is 13.2 Å². The van der Waals surface area contributed by atoms with Gasteiger partial charge in [0.15, 0.2) is 9.84 Å². The third-order valence-electron chi connectivity index (χ3n) is 4.06. The molecule has 1 N–H and O–H groups in total. The Morgan fingerprint density at radius 2 is 1.70 bits per heavy atom. The van der Waals surface area contributed by atoms with Crippen LogP contribution in [0, 0.1) is 0 Å². The van der Waals surface area contributed by atoms with E-state index in [1.807, 2.05) is 30.3 Å². The first-order valence-corrected chi connectivity index (χ1v) is 10.7. The minimum Gasteiger partial charge on any atom is -0.385 e. The number of urea groups is 1. The van der Waals surface area contributed by atoms with Crippen molar-refractivity contribution >= 4 is 21.6 Å². The Bertz CT molecular complexity index is 821. The van der Waals surface area contributed by atoms with Crippen LogP contribution in [0.4, 0.5) is 10.5 Å². The normalized spacial score (nSPS) is 11.2. The largest absolute Gasteiger partial charge is 0.385 e. The summed E-state index contributed by atoms with van der Waals surface area (Å²) in [6, 6.07) is 15.8. The first-order chi connectivity index (χ1) is 12.9. The third-order valence-corrected chi connectivity index (χ3v) is 5.19. The summed E-state index contributed by atoms with van der Waals surface area (Å²) in [5, 5.41) is 2.84. The quantitative estimate of drug-likeness (QED) is 0.665. The van der Waals surface area contributed by atoms with Gasteiger partial charge in [-0.3, -0.25) is 0 Å². The molecule has 27 heavy (non-hydrogen) atoms. The molecular weight excluding hydrogens is 364 g/mol. The van der Waals surface area contributed by atoms with Gasteiger partial charge in [0.1, 0.15) is 0 Å². The second-order valence-corrected chi connectivity index (χ2v) is 8.35. The van der Waals surface area contributed by atoms with Crippen molar-refractivity contribution in [2.75, 3.05) is 31.8 Å². The predicted molar refractivity (Wildman–Crippen MR) is 107 cm³/mol. The Labute approximate surface area is 161 Å². The fraction of sp³-hybridized carbons (Fsp3) is 0.350. The number of nitrogens with one attached hydrogen (secondary N) is 1. The van der Waals surface area contributed by atoms with Gasteiger partial charge < -0.3 is 15.0 Å². The maximum atomic E-state index is 12.7. The van der Waals surface area contributed by atoms with Crippen LogP contribution in [0.1, 0.15) is 18.4 Å². The molecule has 0 heterocycles. The number of sulfone groups is 1. The lowest BCUT2D eigenvalue weighted by molar-refractivity contribution is 0.182. The molecule has 6 nitrogen and oxygen atoms in total. The van der Waals surface area contributed by atoms with Gasteiger partial charge in [-0.2, -0.15) is 0 Å². The summed E-state index contributed by atoms with van der Waals surface area (Å²) in [6.45, 7) is 1.76. The first-order valence-electron chi connectivity index (χ1n) is 8.79. The van der Waals surface area contributed by atoms with E-state index in [4.69, 9.17) is 4.74 Å². The second-order valence-electron chi connectivity index (χ2n) is 6.33. The second kappa shape index (κ2) is 10.1. The SMILES string of the molecule is COCCCCN(Cc1ccccc1)C(=O)Nc1ccc(S(C)(=O)=O)cc1. The Morgan fingerprint density at radius 1 is 1.04 bits per heavy atom. The number of amides is 2. The number of ether oxygens (including phenoxy) is 1. The van der Waals surface area contributed by atoms with Gasteiger partial charge in [-0.25, -0.2) is 13.2 Å². The average Bonchev–Trinajstić information content (AvgIpc) is 2.64. The molecule has 146 valence electrons. The molecule has 0 unspecified atom stereocenters. The van der Waals surface area contributed by atoms with Crippen LogP contribution in [0.3, 0.4) is 0 Å². The zero-order valence-electron chi connectivity index (χ0n) is 15.7. The van der Waals surface area contributed by atoms with Gasteiger partial charge in [-0.05, 0) is 42.7 Å².